The van der Waals surface area contributed by atoms with Crippen molar-refractivity contribution in [3.05, 3.63) is 29.3 Å². The monoisotopic (exact) mass is 321 g/mol. The maximum atomic E-state index is 11.8. The first-order valence-electron chi connectivity index (χ1n) is 6.23. The predicted octanol–water partition coefficient (Wildman–Crippen LogP) is 2.12. The molecule has 0 unspecified atom stereocenters. The smallest absolute Gasteiger partial charge is 0.321 e. The molecule has 0 fully saturated rings. The number of hydrogen-bond acceptors (Lipinski definition) is 7. The first-order valence-corrected chi connectivity index (χ1v) is 8.09. The van der Waals surface area contributed by atoms with E-state index in [9.17, 15) is 9.59 Å². The molecule has 8 heteroatoms. The van der Waals surface area contributed by atoms with E-state index in [-0.39, 0.29) is 17.6 Å². The maximum absolute atomic E-state index is 11.8. The lowest BCUT2D eigenvalue weighted by Crippen LogP contribution is -2.19. The summed E-state index contributed by atoms with van der Waals surface area (Å²) >= 11 is 2.68. The van der Waals surface area contributed by atoms with E-state index in [4.69, 9.17) is 4.74 Å². The number of benzene rings is 1. The highest BCUT2D eigenvalue weighted by molar-refractivity contribution is 8.01. The van der Waals surface area contributed by atoms with Crippen molar-refractivity contribution in [2.24, 2.45) is 0 Å². The van der Waals surface area contributed by atoms with Crippen LogP contribution in [0.4, 0.5) is 5.69 Å². The van der Waals surface area contributed by atoms with Gasteiger partial charge in [-0.2, -0.15) is 0 Å². The zero-order valence-corrected chi connectivity index (χ0v) is 12.5. The van der Waals surface area contributed by atoms with Gasteiger partial charge in [-0.25, -0.2) is 0 Å². The third-order valence-corrected chi connectivity index (χ3v) is 4.69. The van der Waals surface area contributed by atoms with E-state index in [1.807, 2.05) is 0 Å². The first-order chi connectivity index (χ1) is 10.2. The SMILES string of the molecule is O=C1CCc2cc(OC(=O)CSc3nncs3)ccc2N1. The Morgan fingerprint density at radius 2 is 2.33 bits per heavy atom. The number of anilines is 1. The summed E-state index contributed by atoms with van der Waals surface area (Å²) in [5, 5.41) is 10.3. The van der Waals surface area contributed by atoms with E-state index >= 15 is 0 Å². The van der Waals surface area contributed by atoms with Gasteiger partial charge in [-0.15, -0.1) is 10.2 Å². The Morgan fingerprint density at radius 1 is 1.43 bits per heavy atom. The highest BCUT2D eigenvalue weighted by Crippen LogP contribution is 2.27. The van der Waals surface area contributed by atoms with Crippen LogP contribution in [0.5, 0.6) is 5.75 Å². The van der Waals surface area contributed by atoms with Crippen LogP contribution in [0.15, 0.2) is 28.0 Å². The zero-order chi connectivity index (χ0) is 14.7. The van der Waals surface area contributed by atoms with Crippen LogP contribution in [0.1, 0.15) is 12.0 Å². The summed E-state index contributed by atoms with van der Waals surface area (Å²) in [6.45, 7) is 0. The molecule has 0 saturated heterocycles. The molecular formula is C13H11N3O3S2. The van der Waals surface area contributed by atoms with E-state index in [0.29, 0.717) is 18.6 Å². The van der Waals surface area contributed by atoms with Gasteiger partial charge < -0.3 is 10.1 Å². The van der Waals surface area contributed by atoms with Crippen molar-refractivity contribution in [2.45, 2.75) is 17.2 Å². The number of aryl methyl sites for hydroxylation is 1. The molecule has 1 aromatic heterocycles. The molecule has 0 bridgehead atoms. The van der Waals surface area contributed by atoms with Gasteiger partial charge in [0.2, 0.25) is 5.91 Å². The zero-order valence-electron chi connectivity index (χ0n) is 10.9. The van der Waals surface area contributed by atoms with Crippen LogP contribution in [-0.4, -0.2) is 27.8 Å². The molecule has 0 aliphatic carbocycles. The molecule has 0 spiro atoms. The van der Waals surface area contributed by atoms with Crippen LogP contribution in [0.2, 0.25) is 0 Å². The Hall–Kier alpha value is -1.93. The van der Waals surface area contributed by atoms with E-state index in [2.05, 4.69) is 15.5 Å². The van der Waals surface area contributed by atoms with Crippen molar-refractivity contribution in [1.29, 1.82) is 0 Å². The highest BCUT2D eigenvalue weighted by atomic mass is 32.2. The summed E-state index contributed by atoms with van der Waals surface area (Å²) in [5.41, 5.74) is 3.39. The molecule has 0 saturated carbocycles. The minimum Gasteiger partial charge on any atom is -0.426 e. The van der Waals surface area contributed by atoms with Gasteiger partial charge in [-0.3, -0.25) is 9.59 Å². The van der Waals surface area contributed by atoms with Gasteiger partial charge in [0, 0.05) is 12.1 Å². The lowest BCUT2D eigenvalue weighted by Gasteiger charge is -2.17. The number of ether oxygens (including phenoxy) is 1. The summed E-state index contributed by atoms with van der Waals surface area (Å²) in [6.07, 6.45) is 1.11. The second-order valence-electron chi connectivity index (χ2n) is 4.33. The Balaban J connectivity index is 1.60. The number of nitrogens with zero attached hydrogens (tertiary/aromatic N) is 2. The molecule has 0 atom stereocenters. The number of fused-ring (bicyclic) bond motifs is 1. The number of carbonyl (C=O) groups is 2. The van der Waals surface area contributed by atoms with E-state index in [1.165, 1.54) is 23.1 Å². The lowest BCUT2D eigenvalue weighted by molar-refractivity contribution is -0.131. The van der Waals surface area contributed by atoms with Gasteiger partial charge in [0.15, 0.2) is 4.34 Å². The maximum Gasteiger partial charge on any atom is 0.321 e. The molecule has 0 radical (unpaired) electrons. The van der Waals surface area contributed by atoms with Crippen LogP contribution in [-0.2, 0) is 16.0 Å². The van der Waals surface area contributed by atoms with Crippen molar-refractivity contribution in [3.63, 3.8) is 0 Å². The lowest BCUT2D eigenvalue weighted by atomic mass is 10.0. The van der Waals surface area contributed by atoms with Gasteiger partial charge in [-0.05, 0) is 30.2 Å². The van der Waals surface area contributed by atoms with Gasteiger partial charge in [0.05, 0.1) is 5.75 Å². The number of hydrogen-bond donors (Lipinski definition) is 1. The third-order valence-electron chi connectivity index (χ3n) is 2.86. The number of nitrogens with one attached hydrogen (secondary N) is 1. The summed E-state index contributed by atoms with van der Waals surface area (Å²) in [6, 6.07) is 5.23. The predicted molar refractivity (Wildman–Crippen MR) is 79.7 cm³/mol. The fraction of sp³-hybridized carbons (Fsp3) is 0.231. The number of thioether (sulfide) groups is 1. The largest absolute Gasteiger partial charge is 0.426 e. The van der Waals surface area contributed by atoms with Gasteiger partial charge in [0.1, 0.15) is 11.3 Å². The second-order valence-corrected chi connectivity index (χ2v) is 6.39. The number of esters is 1. The standard InChI is InChI=1S/C13H11N3O3S2/c17-11-4-1-8-5-9(2-3-10(8)15-11)19-12(18)6-20-13-16-14-7-21-13/h2-3,5,7H,1,4,6H2,(H,15,17). The van der Waals surface area contributed by atoms with Crippen molar-refractivity contribution in [3.8, 4) is 5.75 Å². The number of rotatable bonds is 4. The normalized spacial score (nSPS) is 13.4. The average Bonchev–Trinajstić information content (AvgIpc) is 2.99. The van der Waals surface area contributed by atoms with E-state index < -0.39 is 0 Å². The molecule has 6 nitrogen and oxygen atoms in total. The highest BCUT2D eigenvalue weighted by Gasteiger charge is 2.16. The van der Waals surface area contributed by atoms with Crippen LogP contribution in [0, 0.1) is 0 Å². The summed E-state index contributed by atoms with van der Waals surface area (Å²) in [7, 11) is 0. The van der Waals surface area contributed by atoms with Crippen molar-refractivity contribution in [1.82, 2.24) is 10.2 Å². The number of carbonyl (C=O) groups excluding carboxylic acids is 2. The Kier molecular flexibility index (Phi) is 4.16. The van der Waals surface area contributed by atoms with Crippen LogP contribution in [0.3, 0.4) is 0 Å². The minimum absolute atomic E-state index is 0.0145. The molecule has 1 aliphatic heterocycles. The summed E-state index contributed by atoms with van der Waals surface area (Å²) in [5.74, 6) is 0.353. The molecular weight excluding hydrogens is 310 g/mol. The topological polar surface area (TPSA) is 81.2 Å². The van der Waals surface area contributed by atoms with Crippen molar-refractivity contribution in [2.75, 3.05) is 11.1 Å². The van der Waals surface area contributed by atoms with Gasteiger partial charge in [0.25, 0.3) is 0 Å². The fourth-order valence-corrected chi connectivity index (χ4v) is 3.19. The first kappa shape index (κ1) is 14.0. The van der Waals surface area contributed by atoms with E-state index in [0.717, 1.165) is 15.6 Å². The Labute approximate surface area is 128 Å². The van der Waals surface area contributed by atoms with E-state index in [1.54, 1.807) is 23.7 Å². The minimum atomic E-state index is -0.338. The summed E-state index contributed by atoms with van der Waals surface area (Å²) in [4.78, 5) is 23.0. The average molecular weight is 321 g/mol. The van der Waals surface area contributed by atoms with Crippen LogP contribution >= 0.6 is 23.1 Å². The molecule has 1 amide bonds. The van der Waals surface area contributed by atoms with Crippen LogP contribution in [0.25, 0.3) is 0 Å². The molecule has 2 heterocycles. The molecule has 2 aromatic rings. The Morgan fingerprint density at radius 3 is 3.14 bits per heavy atom. The Bertz CT molecular complexity index is 673. The van der Waals surface area contributed by atoms with Gasteiger partial charge >= 0.3 is 5.97 Å². The van der Waals surface area contributed by atoms with Crippen molar-refractivity contribution < 1.29 is 14.3 Å². The number of aromatic nitrogens is 2. The molecule has 3 rings (SSSR count). The molecule has 1 aromatic carbocycles. The van der Waals surface area contributed by atoms with Crippen LogP contribution < -0.4 is 10.1 Å². The fourth-order valence-electron chi connectivity index (χ4n) is 1.93. The molecule has 1 aliphatic rings. The quantitative estimate of drug-likeness (QED) is 0.528. The molecule has 1 N–H and O–H groups in total. The molecule has 108 valence electrons. The second kappa shape index (κ2) is 6.23. The van der Waals surface area contributed by atoms with Crippen molar-refractivity contribution >= 4 is 40.7 Å². The number of amides is 1. The molecule has 21 heavy (non-hydrogen) atoms. The third kappa shape index (κ3) is 3.59. The summed E-state index contributed by atoms with van der Waals surface area (Å²) < 4.78 is 6.03. The van der Waals surface area contributed by atoms with Gasteiger partial charge in [-0.1, -0.05) is 23.1 Å².